The molecule has 0 saturated heterocycles. The molecule has 0 unspecified atom stereocenters. The smallest absolute Gasteiger partial charge is 0.225 e. The number of carbonyl (C=O) groups excluding carboxylic acids is 1. The van der Waals surface area contributed by atoms with Gasteiger partial charge in [-0.2, -0.15) is 0 Å². The zero-order valence-corrected chi connectivity index (χ0v) is 9.92. The maximum absolute atomic E-state index is 11.8. The summed E-state index contributed by atoms with van der Waals surface area (Å²) in [4.78, 5) is 13.5. The van der Waals surface area contributed by atoms with Crippen LogP contribution in [0.4, 0.5) is 0 Å². The molecule has 1 saturated carbocycles. The fraction of sp³-hybridized carbons (Fsp3) is 0.917. The Hall–Kier alpha value is -0.530. The molecular weight excluding hydrogens is 174 g/mol. The molecular formula is C12H23NO. The molecule has 0 aromatic carbocycles. The van der Waals surface area contributed by atoms with Crippen LogP contribution in [0, 0.1) is 17.8 Å². The lowest BCUT2D eigenvalue weighted by Gasteiger charge is -2.32. The van der Waals surface area contributed by atoms with Crippen molar-refractivity contribution in [1.29, 1.82) is 0 Å². The predicted molar refractivity (Wildman–Crippen MR) is 59.0 cm³/mol. The van der Waals surface area contributed by atoms with Crippen LogP contribution < -0.4 is 0 Å². The minimum Gasteiger partial charge on any atom is -0.349 e. The molecule has 1 aliphatic rings. The minimum atomic E-state index is 0.297. The van der Waals surface area contributed by atoms with Gasteiger partial charge in [0, 0.05) is 20.0 Å². The van der Waals surface area contributed by atoms with Gasteiger partial charge < -0.3 is 4.90 Å². The molecule has 1 fully saturated rings. The second-order valence-electron chi connectivity index (χ2n) is 5.10. The van der Waals surface area contributed by atoms with Gasteiger partial charge in [-0.3, -0.25) is 4.79 Å². The van der Waals surface area contributed by atoms with Crippen LogP contribution in [-0.4, -0.2) is 24.9 Å². The summed E-state index contributed by atoms with van der Waals surface area (Å²) >= 11 is 0. The number of amides is 1. The average Bonchev–Trinajstić information content (AvgIpc) is 2.16. The van der Waals surface area contributed by atoms with E-state index in [2.05, 4.69) is 13.8 Å². The first-order valence-electron chi connectivity index (χ1n) is 5.73. The number of hydrogen-bond acceptors (Lipinski definition) is 1. The van der Waals surface area contributed by atoms with Gasteiger partial charge in [-0.05, 0) is 24.7 Å². The highest BCUT2D eigenvalue weighted by molar-refractivity contribution is 5.78. The summed E-state index contributed by atoms with van der Waals surface area (Å²) in [5.74, 6) is 2.12. The maximum Gasteiger partial charge on any atom is 0.225 e. The Kier molecular flexibility index (Phi) is 3.97. The van der Waals surface area contributed by atoms with Crippen molar-refractivity contribution in [3.63, 3.8) is 0 Å². The number of nitrogens with zero attached hydrogens (tertiary/aromatic N) is 1. The molecule has 82 valence electrons. The van der Waals surface area contributed by atoms with Crippen molar-refractivity contribution in [2.45, 2.75) is 39.5 Å². The summed E-state index contributed by atoms with van der Waals surface area (Å²) < 4.78 is 0. The average molecular weight is 197 g/mol. The van der Waals surface area contributed by atoms with Gasteiger partial charge in [-0.25, -0.2) is 0 Å². The molecule has 0 radical (unpaired) electrons. The van der Waals surface area contributed by atoms with Crippen molar-refractivity contribution in [3.8, 4) is 0 Å². The Morgan fingerprint density at radius 2 is 1.93 bits per heavy atom. The molecule has 2 nitrogen and oxygen atoms in total. The van der Waals surface area contributed by atoms with E-state index in [1.807, 2.05) is 14.1 Å². The first-order chi connectivity index (χ1) is 6.52. The third-order valence-corrected chi connectivity index (χ3v) is 3.45. The zero-order valence-electron chi connectivity index (χ0n) is 9.92. The summed E-state index contributed by atoms with van der Waals surface area (Å²) in [6.07, 6.45) is 4.75. The summed E-state index contributed by atoms with van der Waals surface area (Å²) in [7, 11) is 3.72. The lowest BCUT2D eigenvalue weighted by molar-refractivity contribution is -0.134. The van der Waals surface area contributed by atoms with Gasteiger partial charge in [0.15, 0.2) is 0 Å². The third kappa shape index (κ3) is 2.73. The van der Waals surface area contributed by atoms with E-state index < -0.39 is 0 Å². The van der Waals surface area contributed by atoms with Crippen LogP contribution in [0.25, 0.3) is 0 Å². The van der Waals surface area contributed by atoms with E-state index in [9.17, 15) is 4.79 Å². The Morgan fingerprint density at radius 3 is 2.43 bits per heavy atom. The quantitative estimate of drug-likeness (QED) is 0.666. The van der Waals surface area contributed by atoms with Crippen LogP contribution >= 0.6 is 0 Å². The molecule has 0 heterocycles. The Labute approximate surface area is 87.7 Å². The van der Waals surface area contributed by atoms with Crippen molar-refractivity contribution in [1.82, 2.24) is 4.90 Å². The Bertz CT molecular complexity index is 198. The molecule has 2 heteroatoms. The fourth-order valence-electron chi connectivity index (χ4n) is 2.42. The highest BCUT2D eigenvalue weighted by atomic mass is 16.2. The van der Waals surface area contributed by atoms with Crippen LogP contribution in [-0.2, 0) is 4.79 Å². The van der Waals surface area contributed by atoms with Gasteiger partial charge in [0.2, 0.25) is 5.91 Å². The number of carbonyl (C=O) groups is 1. The zero-order chi connectivity index (χ0) is 10.7. The van der Waals surface area contributed by atoms with Crippen LogP contribution in [0.3, 0.4) is 0 Å². The van der Waals surface area contributed by atoms with E-state index in [1.54, 1.807) is 4.90 Å². The van der Waals surface area contributed by atoms with Gasteiger partial charge >= 0.3 is 0 Å². The molecule has 14 heavy (non-hydrogen) atoms. The van der Waals surface area contributed by atoms with E-state index in [4.69, 9.17) is 0 Å². The summed E-state index contributed by atoms with van der Waals surface area (Å²) in [6.45, 7) is 4.54. The number of rotatable bonds is 2. The first-order valence-corrected chi connectivity index (χ1v) is 5.73. The molecule has 0 aliphatic heterocycles. The maximum atomic E-state index is 11.8. The summed E-state index contributed by atoms with van der Waals surface area (Å²) in [6, 6.07) is 0. The molecule has 0 bridgehead atoms. The summed E-state index contributed by atoms with van der Waals surface area (Å²) in [5, 5.41) is 0. The van der Waals surface area contributed by atoms with Gasteiger partial charge in [-0.1, -0.05) is 26.7 Å². The van der Waals surface area contributed by atoms with E-state index in [-0.39, 0.29) is 0 Å². The van der Waals surface area contributed by atoms with Gasteiger partial charge in [0.1, 0.15) is 0 Å². The van der Waals surface area contributed by atoms with Crippen LogP contribution in [0.1, 0.15) is 39.5 Å². The van der Waals surface area contributed by atoms with Crippen molar-refractivity contribution >= 4 is 5.91 Å². The lowest BCUT2D eigenvalue weighted by Crippen LogP contribution is -2.33. The topological polar surface area (TPSA) is 20.3 Å². The predicted octanol–water partition coefficient (Wildman–Crippen LogP) is 2.54. The van der Waals surface area contributed by atoms with Gasteiger partial charge in [-0.15, -0.1) is 0 Å². The molecule has 0 aromatic heterocycles. The summed E-state index contributed by atoms with van der Waals surface area (Å²) in [5.41, 5.74) is 0. The minimum absolute atomic E-state index is 0.297. The second-order valence-corrected chi connectivity index (χ2v) is 5.10. The SMILES string of the molecule is CC(C)[C@@H]1CCC[C@H](C(=O)N(C)C)C1. The Balaban J connectivity index is 2.51. The van der Waals surface area contributed by atoms with Crippen LogP contribution in [0.5, 0.6) is 0 Å². The highest BCUT2D eigenvalue weighted by Gasteiger charge is 2.29. The van der Waals surface area contributed by atoms with Crippen LogP contribution in [0.15, 0.2) is 0 Å². The van der Waals surface area contributed by atoms with E-state index >= 15 is 0 Å². The second kappa shape index (κ2) is 4.81. The molecule has 0 aromatic rings. The van der Waals surface area contributed by atoms with E-state index in [0.29, 0.717) is 11.8 Å². The largest absolute Gasteiger partial charge is 0.349 e. The van der Waals surface area contributed by atoms with E-state index in [1.165, 1.54) is 12.8 Å². The molecule has 1 rings (SSSR count). The number of hydrogen-bond donors (Lipinski definition) is 0. The molecule has 1 aliphatic carbocycles. The first kappa shape index (κ1) is 11.5. The normalized spacial score (nSPS) is 27.8. The van der Waals surface area contributed by atoms with Gasteiger partial charge in [0.25, 0.3) is 0 Å². The molecule has 0 N–H and O–H groups in total. The Morgan fingerprint density at radius 1 is 1.29 bits per heavy atom. The van der Waals surface area contributed by atoms with Crippen molar-refractivity contribution in [2.24, 2.45) is 17.8 Å². The molecule has 0 spiro atoms. The highest BCUT2D eigenvalue weighted by Crippen LogP contribution is 2.34. The third-order valence-electron chi connectivity index (χ3n) is 3.45. The fourth-order valence-corrected chi connectivity index (χ4v) is 2.42. The lowest BCUT2D eigenvalue weighted by atomic mass is 9.76. The van der Waals surface area contributed by atoms with Crippen molar-refractivity contribution in [2.75, 3.05) is 14.1 Å². The van der Waals surface area contributed by atoms with Crippen molar-refractivity contribution in [3.05, 3.63) is 0 Å². The van der Waals surface area contributed by atoms with Crippen LogP contribution in [0.2, 0.25) is 0 Å². The van der Waals surface area contributed by atoms with E-state index in [0.717, 1.165) is 24.7 Å². The molecule has 1 amide bonds. The monoisotopic (exact) mass is 197 g/mol. The van der Waals surface area contributed by atoms with Gasteiger partial charge in [0.05, 0.1) is 0 Å². The standard InChI is InChI=1S/C12H23NO/c1-9(2)10-6-5-7-11(8-10)12(14)13(3)4/h9-11H,5-8H2,1-4H3/t10-,11+/m1/s1. The van der Waals surface area contributed by atoms with Crippen molar-refractivity contribution < 1.29 is 4.79 Å². The molecule has 2 atom stereocenters.